The van der Waals surface area contributed by atoms with Gasteiger partial charge in [-0.3, -0.25) is 14.6 Å². The van der Waals surface area contributed by atoms with Crippen LogP contribution in [-0.4, -0.2) is 23.3 Å². The first-order chi connectivity index (χ1) is 11.1. The number of aromatic nitrogens is 1. The van der Waals surface area contributed by atoms with E-state index in [2.05, 4.69) is 10.3 Å². The quantitative estimate of drug-likeness (QED) is 0.891. The highest BCUT2D eigenvalue weighted by Crippen LogP contribution is 2.19. The summed E-state index contributed by atoms with van der Waals surface area (Å²) in [5.74, 6) is -0.159. The van der Waals surface area contributed by atoms with E-state index in [-0.39, 0.29) is 18.2 Å². The van der Waals surface area contributed by atoms with Crippen molar-refractivity contribution in [1.82, 2.24) is 10.3 Å². The number of benzene rings is 1. The van der Waals surface area contributed by atoms with Gasteiger partial charge >= 0.3 is 0 Å². The zero-order valence-electron chi connectivity index (χ0n) is 13.5. The molecule has 0 saturated carbocycles. The minimum Gasteiger partial charge on any atom is -0.352 e. The van der Waals surface area contributed by atoms with E-state index in [0.717, 1.165) is 16.8 Å². The maximum atomic E-state index is 12.0. The number of nitrogens with zero attached hydrogens (tertiary/aromatic N) is 2. The average Bonchev–Trinajstić information content (AvgIpc) is 2.55. The smallest absolute Gasteiger partial charge is 0.223 e. The van der Waals surface area contributed by atoms with E-state index in [1.165, 1.54) is 6.92 Å². The molecule has 1 heterocycles. The maximum absolute atomic E-state index is 12.0. The molecule has 1 aromatic carbocycles. The summed E-state index contributed by atoms with van der Waals surface area (Å²) in [5.41, 5.74) is 2.81. The van der Waals surface area contributed by atoms with Gasteiger partial charge in [-0.05, 0) is 30.2 Å². The fourth-order valence-corrected chi connectivity index (χ4v) is 2.32. The number of rotatable bonds is 6. The van der Waals surface area contributed by atoms with E-state index in [1.54, 1.807) is 17.3 Å². The van der Waals surface area contributed by atoms with Gasteiger partial charge in [0.2, 0.25) is 11.8 Å². The molecule has 0 bridgehead atoms. The molecule has 5 nitrogen and oxygen atoms in total. The van der Waals surface area contributed by atoms with Crippen molar-refractivity contribution in [3.8, 4) is 0 Å². The molecule has 2 rings (SSSR count). The molecule has 0 radical (unpaired) electrons. The molecular formula is C18H21N3O2. The summed E-state index contributed by atoms with van der Waals surface area (Å²) in [7, 11) is 0. The Balaban J connectivity index is 1.90. The van der Waals surface area contributed by atoms with Gasteiger partial charge in [-0.25, -0.2) is 0 Å². The third-order valence-electron chi connectivity index (χ3n) is 3.56. The van der Waals surface area contributed by atoms with Crippen molar-refractivity contribution in [2.24, 2.45) is 0 Å². The zero-order chi connectivity index (χ0) is 16.7. The normalized spacial score (nSPS) is 10.2. The second-order valence-electron chi connectivity index (χ2n) is 5.35. The Bertz CT molecular complexity index is 671. The molecule has 1 aromatic heterocycles. The van der Waals surface area contributed by atoms with Crippen molar-refractivity contribution >= 4 is 17.5 Å². The molecule has 5 heteroatoms. The van der Waals surface area contributed by atoms with Crippen molar-refractivity contribution in [2.75, 3.05) is 11.4 Å². The summed E-state index contributed by atoms with van der Waals surface area (Å²) in [4.78, 5) is 29.5. The minimum absolute atomic E-state index is 0.0700. The van der Waals surface area contributed by atoms with Gasteiger partial charge in [-0.15, -0.1) is 0 Å². The lowest BCUT2D eigenvalue weighted by atomic mass is 10.1. The van der Waals surface area contributed by atoms with Crippen LogP contribution in [0.5, 0.6) is 0 Å². The number of para-hydroxylation sites is 1. The average molecular weight is 311 g/mol. The summed E-state index contributed by atoms with van der Waals surface area (Å²) in [6.07, 6.45) is 3.67. The first kappa shape index (κ1) is 16.7. The molecule has 0 unspecified atom stereocenters. The topological polar surface area (TPSA) is 62.3 Å². The van der Waals surface area contributed by atoms with E-state index in [0.29, 0.717) is 13.1 Å². The van der Waals surface area contributed by atoms with Crippen molar-refractivity contribution in [3.63, 3.8) is 0 Å². The molecule has 0 spiro atoms. The number of carbonyl (C=O) groups excluding carboxylic acids is 2. The molecule has 120 valence electrons. The summed E-state index contributed by atoms with van der Waals surface area (Å²) in [5, 5.41) is 2.84. The summed E-state index contributed by atoms with van der Waals surface area (Å²) >= 11 is 0. The van der Waals surface area contributed by atoms with Crippen molar-refractivity contribution in [3.05, 3.63) is 59.9 Å². The van der Waals surface area contributed by atoms with Crippen molar-refractivity contribution in [2.45, 2.75) is 26.8 Å². The molecule has 0 aliphatic rings. The molecule has 0 fully saturated rings. The maximum Gasteiger partial charge on any atom is 0.223 e. The molecule has 23 heavy (non-hydrogen) atoms. The highest BCUT2D eigenvalue weighted by Gasteiger charge is 2.14. The monoisotopic (exact) mass is 311 g/mol. The molecule has 0 saturated heterocycles. The van der Waals surface area contributed by atoms with Crippen LogP contribution in [0.1, 0.15) is 24.5 Å². The predicted molar refractivity (Wildman–Crippen MR) is 89.9 cm³/mol. The van der Waals surface area contributed by atoms with E-state index >= 15 is 0 Å². The van der Waals surface area contributed by atoms with Gasteiger partial charge in [0, 0.05) is 44.5 Å². The number of amides is 2. The number of anilines is 1. The number of carbonyl (C=O) groups is 2. The molecule has 2 amide bonds. The van der Waals surface area contributed by atoms with Crippen LogP contribution in [0.3, 0.4) is 0 Å². The number of hydrogen-bond donors (Lipinski definition) is 1. The van der Waals surface area contributed by atoms with E-state index in [9.17, 15) is 9.59 Å². The summed E-state index contributed by atoms with van der Waals surface area (Å²) in [6, 6.07) is 11.4. The van der Waals surface area contributed by atoms with Gasteiger partial charge < -0.3 is 10.2 Å². The van der Waals surface area contributed by atoms with Crippen LogP contribution in [0.15, 0.2) is 48.8 Å². The largest absolute Gasteiger partial charge is 0.352 e. The van der Waals surface area contributed by atoms with Gasteiger partial charge in [-0.1, -0.05) is 24.3 Å². The van der Waals surface area contributed by atoms with Gasteiger partial charge in [0.05, 0.1) is 0 Å². The molecule has 0 aliphatic carbocycles. The zero-order valence-corrected chi connectivity index (χ0v) is 13.5. The van der Waals surface area contributed by atoms with Crippen LogP contribution in [0.2, 0.25) is 0 Å². The Kier molecular flexibility index (Phi) is 5.86. The molecule has 0 atom stereocenters. The van der Waals surface area contributed by atoms with Crippen LogP contribution in [0, 0.1) is 6.92 Å². The highest BCUT2D eigenvalue weighted by atomic mass is 16.2. The first-order valence-corrected chi connectivity index (χ1v) is 7.57. The lowest BCUT2D eigenvalue weighted by molar-refractivity contribution is -0.121. The van der Waals surface area contributed by atoms with Gasteiger partial charge in [0.15, 0.2) is 0 Å². The molecule has 0 aliphatic heterocycles. The third-order valence-corrected chi connectivity index (χ3v) is 3.56. The first-order valence-electron chi connectivity index (χ1n) is 7.57. The van der Waals surface area contributed by atoms with Crippen LogP contribution in [-0.2, 0) is 16.1 Å². The Morgan fingerprint density at radius 1 is 1.17 bits per heavy atom. The number of nitrogens with one attached hydrogen (secondary N) is 1. The number of aryl methyl sites for hydroxylation is 1. The van der Waals surface area contributed by atoms with Crippen LogP contribution in [0.4, 0.5) is 5.69 Å². The second-order valence-corrected chi connectivity index (χ2v) is 5.35. The van der Waals surface area contributed by atoms with Crippen LogP contribution < -0.4 is 10.2 Å². The summed E-state index contributed by atoms with van der Waals surface area (Å²) in [6.45, 7) is 4.27. The van der Waals surface area contributed by atoms with E-state index in [1.807, 2.05) is 43.3 Å². The SMILES string of the molecule is CC(=O)N(CCC(=O)NCc1cccnc1)c1ccccc1C. The standard InChI is InChI=1S/C18H21N3O2/c1-14-6-3-4-8-17(14)21(15(2)22)11-9-18(23)20-13-16-7-5-10-19-12-16/h3-8,10,12H,9,11,13H2,1-2H3,(H,20,23). The third kappa shape index (κ3) is 4.92. The fourth-order valence-electron chi connectivity index (χ4n) is 2.32. The Labute approximate surface area is 136 Å². The van der Waals surface area contributed by atoms with E-state index in [4.69, 9.17) is 0 Å². The minimum atomic E-state index is -0.0892. The Morgan fingerprint density at radius 3 is 2.61 bits per heavy atom. The molecular weight excluding hydrogens is 290 g/mol. The Morgan fingerprint density at radius 2 is 1.96 bits per heavy atom. The van der Waals surface area contributed by atoms with Gasteiger partial charge in [-0.2, -0.15) is 0 Å². The fraction of sp³-hybridized carbons (Fsp3) is 0.278. The Hall–Kier alpha value is -2.69. The number of hydrogen-bond acceptors (Lipinski definition) is 3. The van der Waals surface area contributed by atoms with Crippen molar-refractivity contribution < 1.29 is 9.59 Å². The lowest BCUT2D eigenvalue weighted by Crippen LogP contribution is -2.34. The van der Waals surface area contributed by atoms with Crippen LogP contribution in [0.25, 0.3) is 0 Å². The van der Waals surface area contributed by atoms with Gasteiger partial charge in [0.1, 0.15) is 0 Å². The lowest BCUT2D eigenvalue weighted by Gasteiger charge is -2.22. The van der Waals surface area contributed by atoms with E-state index < -0.39 is 0 Å². The second kappa shape index (κ2) is 8.08. The number of pyridine rings is 1. The highest BCUT2D eigenvalue weighted by molar-refractivity contribution is 5.93. The predicted octanol–water partition coefficient (Wildman–Crippen LogP) is 2.45. The van der Waals surface area contributed by atoms with Crippen molar-refractivity contribution in [1.29, 1.82) is 0 Å². The van der Waals surface area contributed by atoms with Gasteiger partial charge in [0.25, 0.3) is 0 Å². The van der Waals surface area contributed by atoms with Crippen LogP contribution >= 0.6 is 0 Å². The molecule has 2 aromatic rings. The molecule has 1 N–H and O–H groups in total. The summed E-state index contributed by atoms with van der Waals surface area (Å²) < 4.78 is 0.